The number of unbranched alkanes of at least 4 members (excludes halogenated alkanes) is 1. The van der Waals surface area contributed by atoms with Crippen molar-refractivity contribution in [3.05, 3.63) is 24.3 Å². The van der Waals surface area contributed by atoms with Crippen molar-refractivity contribution in [1.82, 2.24) is 10.2 Å². The van der Waals surface area contributed by atoms with E-state index in [2.05, 4.69) is 17.1 Å². The summed E-state index contributed by atoms with van der Waals surface area (Å²) in [6, 6.07) is 6.82. The summed E-state index contributed by atoms with van der Waals surface area (Å²) in [7, 11) is -3.19. The second kappa shape index (κ2) is 11.4. The molecular weight excluding hydrogens is 376 g/mol. The van der Waals surface area contributed by atoms with Crippen LogP contribution in [0.5, 0.6) is 5.75 Å². The Hall–Kier alpha value is -1.60. The number of hydrogen-bond donors (Lipinski definition) is 1. The van der Waals surface area contributed by atoms with Crippen LogP contribution in [0.4, 0.5) is 0 Å². The molecule has 1 heterocycles. The molecule has 1 aromatic rings. The number of hydrogen-bond acceptors (Lipinski definition) is 5. The van der Waals surface area contributed by atoms with E-state index in [0.29, 0.717) is 31.2 Å². The van der Waals surface area contributed by atoms with Gasteiger partial charge in [0.05, 0.1) is 11.5 Å². The largest absolute Gasteiger partial charge is 0.494 e. The summed E-state index contributed by atoms with van der Waals surface area (Å²) in [5.74, 6) is 0.679. The molecule has 7 heteroatoms. The third-order valence-electron chi connectivity index (χ3n) is 5.15. The Morgan fingerprint density at radius 3 is 2.64 bits per heavy atom. The first-order chi connectivity index (χ1) is 13.4. The van der Waals surface area contributed by atoms with E-state index in [0.717, 1.165) is 26.1 Å². The molecule has 1 unspecified atom stereocenters. The molecular formula is C21H34N2O4S. The number of piperidine rings is 1. The first kappa shape index (κ1) is 22.7. The lowest BCUT2D eigenvalue weighted by molar-refractivity contribution is -0.121. The SMILES string of the molecule is CCCCN1CCCCC1CNC(=O)CCCOc1ccc(S(C)(=O)=O)cc1. The molecule has 158 valence electrons. The number of ether oxygens (including phenoxy) is 1. The molecule has 0 aliphatic carbocycles. The molecule has 6 nitrogen and oxygen atoms in total. The van der Waals surface area contributed by atoms with Gasteiger partial charge in [0.25, 0.3) is 0 Å². The number of likely N-dealkylation sites (tertiary alicyclic amines) is 1. The van der Waals surface area contributed by atoms with Gasteiger partial charge in [-0.05, 0) is 63.0 Å². The Labute approximate surface area is 169 Å². The van der Waals surface area contributed by atoms with Gasteiger partial charge in [-0.3, -0.25) is 9.69 Å². The van der Waals surface area contributed by atoms with Crippen molar-refractivity contribution in [2.45, 2.75) is 62.8 Å². The summed E-state index contributed by atoms with van der Waals surface area (Å²) in [5.41, 5.74) is 0. The van der Waals surface area contributed by atoms with Gasteiger partial charge in [-0.25, -0.2) is 8.42 Å². The van der Waals surface area contributed by atoms with Crippen molar-refractivity contribution in [2.75, 3.05) is 32.5 Å². The van der Waals surface area contributed by atoms with E-state index in [1.54, 1.807) is 12.1 Å². The third-order valence-corrected chi connectivity index (χ3v) is 6.28. The summed E-state index contributed by atoms with van der Waals surface area (Å²) in [6.07, 6.45) is 8.33. The summed E-state index contributed by atoms with van der Waals surface area (Å²) in [6.45, 7) is 5.65. The summed E-state index contributed by atoms with van der Waals surface area (Å²) >= 11 is 0. The summed E-state index contributed by atoms with van der Waals surface area (Å²) in [5, 5.41) is 3.08. The zero-order valence-corrected chi connectivity index (χ0v) is 18.0. The van der Waals surface area contributed by atoms with Gasteiger partial charge in [0.1, 0.15) is 5.75 Å². The summed E-state index contributed by atoms with van der Waals surface area (Å²) < 4.78 is 28.5. The fraction of sp³-hybridized carbons (Fsp3) is 0.667. The van der Waals surface area contributed by atoms with Crippen LogP contribution < -0.4 is 10.1 Å². The number of nitrogens with zero attached hydrogens (tertiary/aromatic N) is 1. The second-order valence-corrected chi connectivity index (χ2v) is 9.55. The molecule has 0 bridgehead atoms. The van der Waals surface area contributed by atoms with Crippen LogP contribution in [0.15, 0.2) is 29.2 Å². The highest BCUT2D eigenvalue weighted by molar-refractivity contribution is 7.90. The molecule has 0 aromatic heterocycles. The molecule has 0 spiro atoms. The Morgan fingerprint density at radius 2 is 1.96 bits per heavy atom. The lowest BCUT2D eigenvalue weighted by Crippen LogP contribution is -2.47. The zero-order valence-electron chi connectivity index (χ0n) is 17.2. The molecule has 1 amide bonds. The number of amides is 1. The number of nitrogens with one attached hydrogen (secondary N) is 1. The van der Waals surface area contributed by atoms with Crippen LogP contribution in [0.3, 0.4) is 0 Å². The van der Waals surface area contributed by atoms with Crippen molar-refractivity contribution in [1.29, 1.82) is 0 Å². The maximum atomic E-state index is 12.1. The van der Waals surface area contributed by atoms with Crippen LogP contribution in [0.2, 0.25) is 0 Å². The van der Waals surface area contributed by atoms with Crippen LogP contribution in [0, 0.1) is 0 Å². The first-order valence-electron chi connectivity index (χ1n) is 10.3. The van der Waals surface area contributed by atoms with Crippen LogP contribution in [0.25, 0.3) is 0 Å². The average molecular weight is 411 g/mol. The lowest BCUT2D eigenvalue weighted by Gasteiger charge is -2.35. The van der Waals surface area contributed by atoms with Gasteiger partial charge < -0.3 is 10.1 Å². The Kier molecular flexibility index (Phi) is 9.25. The standard InChI is InChI=1S/C21H34N2O4S/c1-3-4-14-23-15-6-5-8-18(23)17-22-21(24)9-7-16-27-19-10-12-20(13-11-19)28(2,25)26/h10-13,18H,3-9,14-17H2,1-2H3,(H,22,24). The van der Waals surface area contributed by atoms with Gasteiger partial charge in [-0.2, -0.15) is 0 Å². The number of sulfone groups is 1. The van der Waals surface area contributed by atoms with E-state index in [9.17, 15) is 13.2 Å². The molecule has 0 radical (unpaired) electrons. The molecule has 1 aromatic carbocycles. The molecule has 1 atom stereocenters. The molecule has 28 heavy (non-hydrogen) atoms. The predicted octanol–water partition coefficient (Wildman–Crippen LogP) is 3.02. The second-order valence-electron chi connectivity index (χ2n) is 7.54. The number of carbonyl (C=O) groups is 1. The highest BCUT2D eigenvalue weighted by Crippen LogP contribution is 2.18. The number of benzene rings is 1. The molecule has 2 rings (SSSR count). The fourth-order valence-electron chi connectivity index (χ4n) is 3.47. The smallest absolute Gasteiger partial charge is 0.220 e. The maximum Gasteiger partial charge on any atom is 0.220 e. The molecule has 1 aliphatic heterocycles. The molecule has 0 saturated carbocycles. The van der Waals surface area contributed by atoms with Gasteiger partial charge in [0.15, 0.2) is 9.84 Å². The van der Waals surface area contributed by atoms with E-state index >= 15 is 0 Å². The van der Waals surface area contributed by atoms with Crippen LogP contribution >= 0.6 is 0 Å². The van der Waals surface area contributed by atoms with Gasteiger partial charge in [0.2, 0.25) is 5.91 Å². The van der Waals surface area contributed by atoms with Crippen molar-refractivity contribution in [2.24, 2.45) is 0 Å². The quantitative estimate of drug-likeness (QED) is 0.568. The minimum absolute atomic E-state index is 0.0667. The molecule has 1 aliphatic rings. The molecule has 1 saturated heterocycles. The number of rotatable bonds is 11. The van der Waals surface area contributed by atoms with Gasteiger partial charge >= 0.3 is 0 Å². The normalized spacial score (nSPS) is 18.0. The van der Waals surface area contributed by atoms with Crippen molar-refractivity contribution in [3.63, 3.8) is 0 Å². The van der Waals surface area contributed by atoms with Gasteiger partial charge in [-0.15, -0.1) is 0 Å². The molecule has 1 N–H and O–H groups in total. The van der Waals surface area contributed by atoms with Crippen molar-refractivity contribution in [3.8, 4) is 5.75 Å². The van der Waals surface area contributed by atoms with E-state index in [-0.39, 0.29) is 10.8 Å². The highest BCUT2D eigenvalue weighted by Gasteiger charge is 2.22. The van der Waals surface area contributed by atoms with Crippen molar-refractivity contribution < 1.29 is 17.9 Å². The molecule has 1 fully saturated rings. The highest BCUT2D eigenvalue weighted by atomic mass is 32.2. The Balaban J connectivity index is 1.64. The lowest BCUT2D eigenvalue weighted by atomic mass is 10.0. The van der Waals surface area contributed by atoms with Crippen LogP contribution in [-0.2, 0) is 14.6 Å². The summed E-state index contributed by atoms with van der Waals surface area (Å²) in [4.78, 5) is 14.9. The van der Waals surface area contributed by atoms with E-state index in [4.69, 9.17) is 4.74 Å². The van der Waals surface area contributed by atoms with Gasteiger partial charge in [0, 0.05) is 25.3 Å². The van der Waals surface area contributed by atoms with Crippen LogP contribution in [0.1, 0.15) is 51.9 Å². The fourth-order valence-corrected chi connectivity index (χ4v) is 4.10. The third kappa shape index (κ3) is 7.80. The van der Waals surface area contributed by atoms with Crippen LogP contribution in [-0.4, -0.2) is 57.8 Å². The Bertz CT molecular complexity index is 704. The topological polar surface area (TPSA) is 75.7 Å². The van der Waals surface area contributed by atoms with Crippen molar-refractivity contribution >= 4 is 15.7 Å². The van der Waals surface area contributed by atoms with Gasteiger partial charge in [-0.1, -0.05) is 19.8 Å². The zero-order chi connectivity index (χ0) is 20.4. The number of carbonyl (C=O) groups excluding carboxylic acids is 1. The minimum Gasteiger partial charge on any atom is -0.494 e. The minimum atomic E-state index is -3.19. The average Bonchev–Trinajstić information content (AvgIpc) is 2.68. The Morgan fingerprint density at radius 1 is 1.21 bits per heavy atom. The first-order valence-corrected chi connectivity index (χ1v) is 12.2. The monoisotopic (exact) mass is 410 g/mol. The maximum absolute atomic E-state index is 12.1. The van der Waals surface area contributed by atoms with E-state index < -0.39 is 9.84 Å². The predicted molar refractivity (Wildman–Crippen MR) is 111 cm³/mol. The van der Waals surface area contributed by atoms with E-state index in [1.165, 1.54) is 44.1 Å². The van der Waals surface area contributed by atoms with E-state index in [1.807, 2.05) is 0 Å².